The van der Waals surface area contributed by atoms with E-state index in [1.165, 1.54) is 0 Å². The number of hydrogen-bond donors (Lipinski definition) is 3. The molecule has 0 aliphatic heterocycles. The molecule has 0 radical (unpaired) electrons. The van der Waals surface area contributed by atoms with Crippen LogP contribution >= 0.6 is 24.0 Å². The van der Waals surface area contributed by atoms with Gasteiger partial charge in [-0.2, -0.15) is 0 Å². The number of halogens is 1. The average Bonchev–Trinajstić information content (AvgIpc) is 2.77. The Balaban J connectivity index is 0.00000480. The molecule has 170 valence electrons. The third-order valence-electron chi connectivity index (χ3n) is 4.28. The predicted molar refractivity (Wildman–Crippen MR) is 136 cm³/mol. The van der Waals surface area contributed by atoms with E-state index in [1.807, 2.05) is 50.2 Å². The van der Waals surface area contributed by atoms with Crippen molar-refractivity contribution in [3.63, 3.8) is 0 Å². The molecule has 0 aliphatic carbocycles. The van der Waals surface area contributed by atoms with Crippen molar-refractivity contribution in [2.24, 2.45) is 4.99 Å². The van der Waals surface area contributed by atoms with Crippen molar-refractivity contribution in [3.05, 3.63) is 59.7 Å². The molecular weight excluding hydrogens is 507 g/mol. The normalized spacial score (nSPS) is 10.6. The lowest BCUT2D eigenvalue weighted by Crippen LogP contribution is -2.42. The van der Waals surface area contributed by atoms with E-state index in [0.29, 0.717) is 37.8 Å². The number of hydrogen-bond acceptors (Lipinski definition) is 4. The van der Waals surface area contributed by atoms with E-state index in [9.17, 15) is 4.79 Å². The van der Waals surface area contributed by atoms with E-state index in [1.54, 1.807) is 19.2 Å². The number of aliphatic imine (C=N–C) groups is 1. The molecule has 0 fully saturated rings. The second-order valence-corrected chi connectivity index (χ2v) is 6.44. The summed E-state index contributed by atoms with van der Waals surface area (Å²) in [6.45, 7) is 6.92. The zero-order valence-electron chi connectivity index (χ0n) is 18.4. The van der Waals surface area contributed by atoms with Gasteiger partial charge in [0.2, 0.25) is 0 Å². The molecule has 0 unspecified atom stereocenters. The highest BCUT2D eigenvalue weighted by atomic mass is 127. The monoisotopic (exact) mass is 540 g/mol. The van der Waals surface area contributed by atoms with Gasteiger partial charge in [-0.15, -0.1) is 24.0 Å². The van der Waals surface area contributed by atoms with E-state index < -0.39 is 0 Å². The van der Waals surface area contributed by atoms with Gasteiger partial charge in [0, 0.05) is 32.2 Å². The van der Waals surface area contributed by atoms with Crippen molar-refractivity contribution >= 4 is 35.8 Å². The van der Waals surface area contributed by atoms with Crippen LogP contribution in [0.1, 0.15) is 29.8 Å². The first-order valence-electron chi connectivity index (χ1n) is 10.3. The maximum absolute atomic E-state index is 12.0. The van der Waals surface area contributed by atoms with E-state index in [2.05, 4.69) is 20.9 Å². The van der Waals surface area contributed by atoms with Crippen molar-refractivity contribution in [1.82, 2.24) is 16.0 Å². The van der Waals surface area contributed by atoms with Crippen LogP contribution in [0.5, 0.6) is 11.5 Å². The second-order valence-electron chi connectivity index (χ2n) is 6.44. The van der Waals surface area contributed by atoms with Gasteiger partial charge in [-0.05, 0) is 50.1 Å². The summed E-state index contributed by atoms with van der Waals surface area (Å²) in [6.07, 6.45) is 0.817. The van der Waals surface area contributed by atoms with Crippen LogP contribution in [-0.4, -0.2) is 51.8 Å². The lowest BCUT2D eigenvalue weighted by Gasteiger charge is -2.14. The minimum absolute atomic E-state index is 0. The standard InChI is InChI=1S/C23H32N4O3.HI/c1-4-29-20-12-11-18(17-21(20)30-5-2)13-14-26-23(24-3)27-16-15-25-22(28)19-9-7-6-8-10-19;/h6-12,17H,4-5,13-16H2,1-3H3,(H,25,28)(H2,24,26,27);1H. The van der Waals surface area contributed by atoms with Gasteiger partial charge in [0.05, 0.1) is 13.2 Å². The Morgan fingerprint density at radius 1 is 0.871 bits per heavy atom. The van der Waals surface area contributed by atoms with Crippen LogP contribution in [0.2, 0.25) is 0 Å². The van der Waals surface area contributed by atoms with Gasteiger partial charge in [0.1, 0.15) is 0 Å². The van der Waals surface area contributed by atoms with E-state index >= 15 is 0 Å². The van der Waals surface area contributed by atoms with E-state index in [4.69, 9.17) is 9.47 Å². The molecule has 3 N–H and O–H groups in total. The number of nitrogens with zero attached hydrogens (tertiary/aromatic N) is 1. The number of guanidine groups is 1. The molecule has 7 nitrogen and oxygen atoms in total. The van der Waals surface area contributed by atoms with Crippen LogP contribution in [0.4, 0.5) is 0 Å². The molecule has 0 bridgehead atoms. The summed E-state index contributed by atoms with van der Waals surface area (Å²) >= 11 is 0. The van der Waals surface area contributed by atoms with E-state index in [0.717, 1.165) is 30.0 Å². The van der Waals surface area contributed by atoms with Crippen molar-refractivity contribution in [2.75, 3.05) is 39.9 Å². The molecule has 31 heavy (non-hydrogen) atoms. The molecule has 0 saturated heterocycles. The third-order valence-corrected chi connectivity index (χ3v) is 4.28. The molecule has 2 aromatic rings. The first-order valence-corrected chi connectivity index (χ1v) is 10.3. The van der Waals surface area contributed by atoms with Crippen LogP contribution in [0.25, 0.3) is 0 Å². The Morgan fingerprint density at radius 2 is 1.52 bits per heavy atom. The largest absolute Gasteiger partial charge is 0.490 e. The molecular formula is C23H33IN4O3. The topological polar surface area (TPSA) is 84.0 Å². The van der Waals surface area contributed by atoms with Crippen molar-refractivity contribution in [1.29, 1.82) is 0 Å². The molecule has 2 aromatic carbocycles. The second kappa shape index (κ2) is 15.3. The summed E-state index contributed by atoms with van der Waals surface area (Å²) in [7, 11) is 1.72. The zero-order chi connectivity index (χ0) is 21.6. The maximum atomic E-state index is 12.0. The van der Waals surface area contributed by atoms with Crippen molar-refractivity contribution in [3.8, 4) is 11.5 Å². The molecule has 0 saturated carbocycles. The number of nitrogens with one attached hydrogen (secondary N) is 3. The van der Waals surface area contributed by atoms with E-state index in [-0.39, 0.29) is 29.9 Å². The lowest BCUT2D eigenvalue weighted by molar-refractivity contribution is 0.0954. The van der Waals surface area contributed by atoms with Crippen LogP contribution in [0.15, 0.2) is 53.5 Å². The molecule has 1 amide bonds. The third kappa shape index (κ3) is 9.46. The Kier molecular flexibility index (Phi) is 13.1. The molecule has 0 aromatic heterocycles. The van der Waals surface area contributed by atoms with Gasteiger partial charge < -0.3 is 25.4 Å². The number of carbonyl (C=O) groups excluding carboxylic acids is 1. The summed E-state index contributed by atoms with van der Waals surface area (Å²) < 4.78 is 11.3. The Hall–Kier alpha value is -2.49. The van der Waals surface area contributed by atoms with Crippen LogP contribution in [0, 0.1) is 0 Å². The quantitative estimate of drug-likeness (QED) is 0.177. The molecule has 0 spiro atoms. The number of carbonyl (C=O) groups is 1. The maximum Gasteiger partial charge on any atom is 0.251 e. The van der Waals surface area contributed by atoms with Gasteiger partial charge in [0.25, 0.3) is 5.91 Å². The zero-order valence-corrected chi connectivity index (χ0v) is 20.8. The van der Waals surface area contributed by atoms with Gasteiger partial charge in [-0.3, -0.25) is 9.79 Å². The van der Waals surface area contributed by atoms with Crippen LogP contribution in [0.3, 0.4) is 0 Å². The fraction of sp³-hybridized carbons (Fsp3) is 0.391. The Labute approximate surface area is 202 Å². The van der Waals surface area contributed by atoms with Crippen LogP contribution in [-0.2, 0) is 6.42 Å². The summed E-state index contributed by atoms with van der Waals surface area (Å²) in [6, 6.07) is 15.2. The summed E-state index contributed by atoms with van der Waals surface area (Å²) in [5.41, 5.74) is 1.81. The minimum atomic E-state index is -0.0825. The highest BCUT2D eigenvalue weighted by molar-refractivity contribution is 14.0. The van der Waals surface area contributed by atoms with Crippen molar-refractivity contribution < 1.29 is 14.3 Å². The lowest BCUT2D eigenvalue weighted by atomic mass is 10.1. The SMILES string of the molecule is CCOc1ccc(CCNC(=NC)NCCNC(=O)c2ccccc2)cc1OCC.I. The number of amides is 1. The number of benzene rings is 2. The molecule has 2 rings (SSSR count). The van der Waals surface area contributed by atoms with Gasteiger partial charge in [-0.1, -0.05) is 24.3 Å². The summed E-state index contributed by atoms with van der Waals surface area (Å²) in [5, 5.41) is 9.37. The molecule has 0 heterocycles. The fourth-order valence-corrected chi connectivity index (χ4v) is 2.85. The first-order chi connectivity index (χ1) is 14.7. The van der Waals surface area contributed by atoms with Crippen molar-refractivity contribution in [2.45, 2.75) is 20.3 Å². The van der Waals surface area contributed by atoms with Gasteiger partial charge >= 0.3 is 0 Å². The summed E-state index contributed by atoms with van der Waals surface area (Å²) in [5.74, 6) is 2.15. The van der Waals surface area contributed by atoms with Gasteiger partial charge in [0.15, 0.2) is 17.5 Å². The van der Waals surface area contributed by atoms with Crippen LogP contribution < -0.4 is 25.4 Å². The first kappa shape index (κ1) is 26.5. The number of rotatable bonds is 11. The Morgan fingerprint density at radius 3 is 2.19 bits per heavy atom. The van der Waals surface area contributed by atoms with Gasteiger partial charge in [-0.25, -0.2) is 0 Å². The fourth-order valence-electron chi connectivity index (χ4n) is 2.85. The smallest absolute Gasteiger partial charge is 0.251 e. The number of ether oxygens (including phenoxy) is 2. The Bertz CT molecular complexity index is 816. The highest BCUT2D eigenvalue weighted by Crippen LogP contribution is 2.28. The highest BCUT2D eigenvalue weighted by Gasteiger charge is 2.07. The molecule has 0 aliphatic rings. The molecule has 0 atom stereocenters. The minimum Gasteiger partial charge on any atom is -0.490 e. The average molecular weight is 540 g/mol. The summed E-state index contributed by atoms with van der Waals surface area (Å²) in [4.78, 5) is 16.2. The predicted octanol–water partition coefficient (Wildman–Crippen LogP) is 3.24. The molecule has 8 heteroatoms.